The van der Waals surface area contributed by atoms with Crippen LogP contribution < -0.4 is 0 Å². The van der Waals surface area contributed by atoms with Gasteiger partial charge in [0.15, 0.2) is 6.29 Å². The Kier molecular flexibility index (Phi) is 1.99. The quantitative estimate of drug-likeness (QED) is 0.569. The summed E-state index contributed by atoms with van der Waals surface area (Å²) in [6, 6.07) is 5.18. The largest absolute Gasteiger partial charge is 0.364 e. The van der Waals surface area contributed by atoms with E-state index >= 15 is 0 Å². The molecule has 0 amide bonds. The number of rotatable bonds is 1. The molecule has 0 radical (unpaired) electrons. The molecule has 3 heteroatoms. The highest BCUT2D eigenvalue weighted by atomic mass is 19.1. The third-order valence-corrected chi connectivity index (χ3v) is 1.15. The highest BCUT2D eigenvalue weighted by Gasteiger charge is 2.01. The molecular weight excluding hydrogens is 135 g/mol. The number of hydrogen-bond acceptors (Lipinski definition) is 2. The predicted octanol–water partition coefficient (Wildman–Crippen LogP) is 0.809. The second-order valence-electron chi connectivity index (χ2n) is 1.93. The Morgan fingerprint density at radius 3 is 2.40 bits per heavy atom. The van der Waals surface area contributed by atoms with Crippen LogP contribution in [-0.4, -0.2) is 10.2 Å². The van der Waals surface area contributed by atoms with Gasteiger partial charge in [0.2, 0.25) is 0 Å². The fraction of sp³-hybridized carbons (Fsp3) is 0.143. The molecule has 0 atom stereocenters. The summed E-state index contributed by atoms with van der Waals surface area (Å²) in [7, 11) is 0. The van der Waals surface area contributed by atoms with Crippen molar-refractivity contribution < 1.29 is 14.6 Å². The van der Waals surface area contributed by atoms with Gasteiger partial charge in [0.25, 0.3) is 0 Å². The number of aliphatic hydroxyl groups is 2. The second kappa shape index (κ2) is 2.77. The Morgan fingerprint density at radius 1 is 1.30 bits per heavy atom. The molecule has 0 fully saturated rings. The highest BCUT2D eigenvalue weighted by molar-refractivity contribution is 5.16. The van der Waals surface area contributed by atoms with Gasteiger partial charge in [-0.1, -0.05) is 12.1 Å². The predicted molar refractivity (Wildman–Crippen MR) is 33.6 cm³/mol. The molecule has 0 aliphatic carbocycles. The second-order valence-corrected chi connectivity index (χ2v) is 1.93. The van der Waals surface area contributed by atoms with Crippen LogP contribution in [0.15, 0.2) is 24.3 Å². The van der Waals surface area contributed by atoms with Gasteiger partial charge in [-0.3, -0.25) is 0 Å². The Morgan fingerprint density at radius 2 is 2.00 bits per heavy atom. The summed E-state index contributed by atoms with van der Waals surface area (Å²) in [5.41, 5.74) is 0.167. The molecule has 0 bridgehead atoms. The van der Waals surface area contributed by atoms with E-state index in [1.165, 1.54) is 18.2 Å². The molecule has 54 valence electrons. The molecular formula is C7H7FO2. The van der Waals surface area contributed by atoms with Crippen molar-refractivity contribution in [3.05, 3.63) is 35.6 Å². The van der Waals surface area contributed by atoms with E-state index in [1.807, 2.05) is 0 Å². The van der Waals surface area contributed by atoms with Crippen LogP contribution in [-0.2, 0) is 0 Å². The minimum absolute atomic E-state index is 0.167. The molecule has 0 unspecified atom stereocenters. The summed E-state index contributed by atoms with van der Waals surface area (Å²) in [4.78, 5) is 0. The van der Waals surface area contributed by atoms with Crippen molar-refractivity contribution in [2.45, 2.75) is 6.29 Å². The van der Waals surface area contributed by atoms with Gasteiger partial charge >= 0.3 is 0 Å². The topological polar surface area (TPSA) is 40.5 Å². The lowest BCUT2D eigenvalue weighted by Crippen LogP contribution is -1.94. The number of hydrogen-bond donors (Lipinski definition) is 2. The minimum Gasteiger partial charge on any atom is -0.364 e. The van der Waals surface area contributed by atoms with E-state index in [0.29, 0.717) is 0 Å². The molecule has 0 aliphatic rings. The van der Waals surface area contributed by atoms with Crippen LogP contribution >= 0.6 is 0 Å². The SMILES string of the molecule is OC(O)c1cccc(F)c1. The molecule has 2 nitrogen and oxygen atoms in total. The third kappa shape index (κ3) is 1.52. The van der Waals surface area contributed by atoms with Crippen molar-refractivity contribution in [3.8, 4) is 0 Å². The first-order valence-electron chi connectivity index (χ1n) is 2.82. The summed E-state index contributed by atoms with van der Waals surface area (Å²) >= 11 is 0. The molecule has 0 aromatic heterocycles. The van der Waals surface area contributed by atoms with E-state index < -0.39 is 12.1 Å². The van der Waals surface area contributed by atoms with Crippen LogP contribution in [0.1, 0.15) is 11.9 Å². The summed E-state index contributed by atoms with van der Waals surface area (Å²) < 4.78 is 12.3. The van der Waals surface area contributed by atoms with Gasteiger partial charge in [-0.25, -0.2) is 4.39 Å². The molecule has 1 aromatic rings. The van der Waals surface area contributed by atoms with Gasteiger partial charge in [0.05, 0.1) is 0 Å². The lowest BCUT2D eigenvalue weighted by molar-refractivity contribution is -0.0426. The van der Waals surface area contributed by atoms with Gasteiger partial charge in [-0.15, -0.1) is 0 Å². The van der Waals surface area contributed by atoms with Crippen LogP contribution in [0.3, 0.4) is 0 Å². The molecule has 2 N–H and O–H groups in total. The molecule has 0 heterocycles. The maximum atomic E-state index is 12.3. The molecule has 0 spiro atoms. The van der Waals surface area contributed by atoms with Gasteiger partial charge in [-0.2, -0.15) is 0 Å². The fourth-order valence-electron chi connectivity index (χ4n) is 0.667. The number of benzene rings is 1. The van der Waals surface area contributed by atoms with Gasteiger partial charge in [0.1, 0.15) is 5.82 Å². The van der Waals surface area contributed by atoms with Crippen molar-refractivity contribution in [2.75, 3.05) is 0 Å². The van der Waals surface area contributed by atoms with E-state index in [1.54, 1.807) is 0 Å². The Labute approximate surface area is 57.6 Å². The summed E-state index contributed by atoms with van der Waals surface area (Å²) in [5, 5.41) is 17.1. The van der Waals surface area contributed by atoms with E-state index in [0.717, 1.165) is 6.07 Å². The molecule has 1 aromatic carbocycles. The summed E-state index contributed by atoms with van der Waals surface area (Å²) in [6.07, 6.45) is -1.59. The smallest absolute Gasteiger partial charge is 0.178 e. The first-order chi connectivity index (χ1) is 4.70. The van der Waals surface area contributed by atoms with Crippen molar-refractivity contribution in [1.82, 2.24) is 0 Å². The van der Waals surface area contributed by atoms with Crippen molar-refractivity contribution >= 4 is 0 Å². The maximum Gasteiger partial charge on any atom is 0.178 e. The lowest BCUT2D eigenvalue weighted by atomic mass is 10.2. The molecule has 1 rings (SSSR count). The zero-order chi connectivity index (χ0) is 7.56. The Balaban J connectivity index is 2.96. The van der Waals surface area contributed by atoms with Crippen molar-refractivity contribution in [3.63, 3.8) is 0 Å². The van der Waals surface area contributed by atoms with Crippen LogP contribution in [0.25, 0.3) is 0 Å². The van der Waals surface area contributed by atoms with E-state index in [9.17, 15) is 4.39 Å². The Bertz CT molecular complexity index is 223. The van der Waals surface area contributed by atoms with Crippen LogP contribution in [0.5, 0.6) is 0 Å². The van der Waals surface area contributed by atoms with Crippen LogP contribution in [0.2, 0.25) is 0 Å². The fourth-order valence-corrected chi connectivity index (χ4v) is 0.667. The Hall–Kier alpha value is -0.930. The zero-order valence-electron chi connectivity index (χ0n) is 5.16. The first kappa shape index (κ1) is 7.18. The first-order valence-corrected chi connectivity index (χ1v) is 2.82. The molecule has 0 saturated carbocycles. The van der Waals surface area contributed by atoms with E-state index in [-0.39, 0.29) is 5.56 Å². The van der Waals surface area contributed by atoms with E-state index in [2.05, 4.69) is 0 Å². The normalized spacial score (nSPS) is 10.4. The standard InChI is InChI=1S/C7H7FO2/c8-6-3-1-2-5(4-6)7(9)10/h1-4,7,9-10H. The molecule has 10 heavy (non-hydrogen) atoms. The van der Waals surface area contributed by atoms with Crippen molar-refractivity contribution in [1.29, 1.82) is 0 Å². The van der Waals surface area contributed by atoms with Gasteiger partial charge in [-0.05, 0) is 12.1 Å². The van der Waals surface area contributed by atoms with Gasteiger partial charge < -0.3 is 10.2 Å². The van der Waals surface area contributed by atoms with Crippen LogP contribution in [0, 0.1) is 5.82 Å². The summed E-state index contributed by atoms with van der Waals surface area (Å²) in [5.74, 6) is -0.467. The highest BCUT2D eigenvalue weighted by Crippen LogP contribution is 2.09. The van der Waals surface area contributed by atoms with Crippen molar-refractivity contribution in [2.24, 2.45) is 0 Å². The number of aliphatic hydroxyl groups excluding tert-OH is 1. The zero-order valence-corrected chi connectivity index (χ0v) is 5.16. The summed E-state index contributed by atoms with van der Waals surface area (Å²) in [6.45, 7) is 0. The maximum absolute atomic E-state index is 12.3. The van der Waals surface area contributed by atoms with Crippen LogP contribution in [0.4, 0.5) is 4.39 Å². The monoisotopic (exact) mass is 142 g/mol. The molecule has 0 aliphatic heterocycles. The average Bonchev–Trinajstić information content (AvgIpc) is 1.88. The average molecular weight is 142 g/mol. The number of halogens is 1. The molecule has 0 saturated heterocycles. The van der Waals surface area contributed by atoms with Gasteiger partial charge in [0, 0.05) is 5.56 Å². The lowest BCUT2D eigenvalue weighted by Gasteiger charge is -2.01. The van der Waals surface area contributed by atoms with E-state index in [4.69, 9.17) is 10.2 Å². The third-order valence-electron chi connectivity index (χ3n) is 1.15. The minimum atomic E-state index is -1.59.